The average Bonchev–Trinajstić information content (AvgIpc) is 3.30. The molecule has 0 fully saturated rings. The molecule has 1 amide bonds. The zero-order valence-electron chi connectivity index (χ0n) is 15.6. The van der Waals surface area contributed by atoms with Crippen LogP contribution in [0.5, 0.6) is 0 Å². The third-order valence-corrected chi connectivity index (χ3v) is 5.41. The Morgan fingerprint density at radius 2 is 1.96 bits per heavy atom. The van der Waals surface area contributed by atoms with Crippen molar-refractivity contribution in [3.05, 3.63) is 76.7 Å². The van der Waals surface area contributed by atoms with Crippen LogP contribution in [0.25, 0.3) is 10.9 Å². The molecular formula is C21H20N6O. The van der Waals surface area contributed by atoms with E-state index in [-0.39, 0.29) is 5.91 Å². The van der Waals surface area contributed by atoms with Gasteiger partial charge in [-0.3, -0.25) is 4.79 Å². The van der Waals surface area contributed by atoms with Crippen molar-refractivity contribution in [2.45, 2.75) is 26.4 Å². The molecule has 5 rings (SSSR count). The molecular weight excluding hydrogens is 352 g/mol. The molecule has 1 N–H and O–H groups in total. The fourth-order valence-electron chi connectivity index (χ4n) is 3.87. The minimum Gasteiger partial charge on any atom is -0.357 e. The molecule has 140 valence electrons. The number of tetrazole rings is 1. The standard InChI is InChI=1S/C21H20N6O/c1-14-23-24-25-27(14)12-15-6-8-16(9-7-15)21(28)26-11-10-18-17-4-2-3-5-19(17)22-20(18)13-26/h2-9,22H,10-13H2,1H3. The molecule has 28 heavy (non-hydrogen) atoms. The number of benzene rings is 2. The predicted octanol–water partition coefficient (Wildman–Crippen LogP) is 2.71. The van der Waals surface area contributed by atoms with Crippen molar-refractivity contribution in [2.24, 2.45) is 0 Å². The number of hydrogen-bond acceptors (Lipinski definition) is 4. The summed E-state index contributed by atoms with van der Waals surface area (Å²) in [6.07, 6.45) is 0.877. The number of aromatic amines is 1. The summed E-state index contributed by atoms with van der Waals surface area (Å²) in [4.78, 5) is 18.4. The first-order chi connectivity index (χ1) is 13.7. The molecule has 0 saturated carbocycles. The Bertz CT molecular complexity index is 1160. The van der Waals surface area contributed by atoms with Gasteiger partial charge in [-0.05, 0) is 53.1 Å². The SMILES string of the molecule is Cc1nnnn1Cc1ccc(C(=O)N2CCc3c([nH]c4ccccc34)C2)cc1. The van der Waals surface area contributed by atoms with Crippen LogP contribution in [-0.4, -0.2) is 42.5 Å². The maximum absolute atomic E-state index is 13.0. The highest BCUT2D eigenvalue weighted by atomic mass is 16.2. The number of fused-ring (bicyclic) bond motifs is 3. The Kier molecular flexibility index (Phi) is 3.93. The van der Waals surface area contributed by atoms with E-state index in [0.717, 1.165) is 35.6 Å². The Morgan fingerprint density at radius 3 is 2.75 bits per heavy atom. The van der Waals surface area contributed by atoms with E-state index < -0.39 is 0 Å². The fraction of sp³-hybridized carbons (Fsp3) is 0.238. The first-order valence-electron chi connectivity index (χ1n) is 9.38. The van der Waals surface area contributed by atoms with Crippen molar-refractivity contribution in [1.29, 1.82) is 0 Å². The van der Waals surface area contributed by atoms with Gasteiger partial charge in [0, 0.05) is 28.7 Å². The molecule has 1 aliphatic rings. The number of nitrogens with zero attached hydrogens (tertiary/aromatic N) is 5. The van der Waals surface area contributed by atoms with Crippen LogP contribution in [0.2, 0.25) is 0 Å². The van der Waals surface area contributed by atoms with Gasteiger partial charge in [0.2, 0.25) is 0 Å². The maximum Gasteiger partial charge on any atom is 0.254 e. The fourth-order valence-corrected chi connectivity index (χ4v) is 3.87. The summed E-state index contributed by atoms with van der Waals surface area (Å²) in [7, 11) is 0. The third-order valence-electron chi connectivity index (χ3n) is 5.41. The largest absolute Gasteiger partial charge is 0.357 e. The number of carbonyl (C=O) groups excluding carboxylic acids is 1. The Balaban J connectivity index is 1.33. The van der Waals surface area contributed by atoms with Crippen molar-refractivity contribution >= 4 is 16.8 Å². The second kappa shape index (κ2) is 6.60. The molecule has 1 aliphatic heterocycles. The Labute approximate surface area is 162 Å². The second-order valence-electron chi connectivity index (χ2n) is 7.19. The summed E-state index contributed by atoms with van der Waals surface area (Å²) in [5.74, 6) is 0.831. The molecule has 0 unspecified atom stereocenters. The van der Waals surface area contributed by atoms with Gasteiger partial charge in [-0.15, -0.1) is 5.10 Å². The van der Waals surface area contributed by atoms with Gasteiger partial charge in [0.1, 0.15) is 5.82 Å². The highest BCUT2D eigenvalue weighted by Crippen LogP contribution is 2.28. The van der Waals surface area contributed by atoms with E-state index in [4.69, 9.17) is 0 Å². The molecule has 0 radical (unpaired) electrons. The van der Waals surface area contributed by atoms with Gasteiger partial charge in [-0.25, -0.2) is 4.68 Å². The van der Waals surface area contributed by atoms with Crippen LogP contribution >= 0.6 is 0 Å². The third kappa shape index (κ3) is 2.85. The van der Waals surface area contributed by atoms with Crippen molar-refractivity contribution in [1.82, 2.24) is 30.1 Å². The number of rotatable bonds is 3. The smallest absolute Gasteiger partial charge is 0.254 e. The minimum absolute atomic E-state index is 0.0643. The number of carbonyl (C=O) groups is 1. The molecule has 7 nitrogen and oxygen atoms in total. The van der Waals surface area contributed by atoms with Crippen molar-refractivity contribution in [2.75, 3.05) is 6.54 Å². The van der Waals surface area contributed by atoms with Crippen LogP contribution in [-0.2, 0) is 19.5 Å². The first-order valence-corrected chi connectivity index (χ1v) is 9.38. The Hall–Kier alpha value is -3.48. The van der Waals surface area contributed by atoms with Crippen LogP contribution < -0.4 is 0 Å². The van der Waals surface area contributed by atoms with Gasteiger partial charge < -0.3 is 9.88 Å². The van der Waals surface area contributed by atoms with Crippen molar-refractivity contribution < 1.29 is 4.79 Å². The van der Waals surface area contributed by atoms with Gasteiger partial charge >= 0.3 is 0 Å². The van der Waals surface area contributed by atoms with E-state index >= 15 is 0 Å². The number of nitrogens with one attached hydrogen (secondary N) is 1. The normalized spacial score (nSPS) is 13.7. The molecule has 3 heterocycles. The number of para-hydroxylation sites is 1. The summed E-state index contributed by atoms with van der Waals surface area (Å²) < 4.78 is 1.74. The molecule has 2 aromatic heterocycles. The Morgan fingerprint density at radius 1 is 1.14 bits per heavy atom. The summed E-state index contributed by atoms with van der Waals surface area (Å²) in [6, 6.07) is 16.0. The minimum atomic E-state index is 0.0643. The van der Waals surface area contributed by atoms with Crippen LogP contribution in [0, 0.1) is 6.92 Å². The van der Waals surface area contributed by atoms with Crippen LogP contribution in [0.3, 0.4) is 0 Å². The summed E-state index contributed by atoms with van der Waals surface area (Å²) in [5, 5.41) is 12.8. The zero-order chi connectivity index (χ0) is 19.1. The van der Waals surface area contributed by atoms with Crippen molar-refractivity contribution in [3.8, 4) is 0 Å². The lowest BCUT2D eigenvalue weighted by Crippen LogP contribution is -2.35. The molecule has 0 bridgehead atoms. The zero-order valence-corrected chi connectivity index (χ0v) is 15.6. The average molecular weight is 372 g/mol. The molecule has 0 saturated heterocycles. The summed E-state index contributed by atoms with van der Waals surface area (Å²) in [5.41, 5.74) is 5.39. The predicted molar refractivity (Wildman–Crippen MR) is 105 cm³/mol. The van der Waals surface area contributed by atoms with Gasteiger partial charge in [0.05, 0.1) is 13.1 Å². The monoisotopic (exact) mass is 372 g/mol. The van der Waals surface area contributed by atoms with Gasteiger partial charge in [0.25, 0.3) is 5.91 Å². The van der Waals surface area contributed by atoms with E-state index in [9.17, 15) is 4.79 Å². The first kappa shape index (κ1) is 16.7. The maximum atomic E-state index is 13.0. The van der Waals surface area contributed by atoms with Crippen molar-refractivity contribution in [3.63, 3.8) is 0 Å². The van der Waals surface area contributed by atoms with Crippen LogP contribution in [0.15, 0.2) is 48.5 Å². The second-order valence-corrected chi connectivity index (χ2v) is 7.19. The number of aromatic nitrogens is 5. The van der Waals surface area contributed by atoms with E-state index in [1.54, 1.807) is 4.68 Å². The number of H-pyrrole nitrogens is 1. The molecule has 2 aromatic carbocycles. The molecule has 7 heteroatoms. The quantitative estimate of drug-likeness (QED) is 0.600. The summed E-state index contributed by atoms with van der Waals surface area (Å²) >= 11 is 0. The lowest BCUT2D eigenvalue weighted by molar-refractivity contribution is 0.0733. The van der Waals surface area contributed by atoms with Gasteiger partial charge in [-0.1, -0.05) is 30.3 Å². The number of amides is 1. The van der Waals surface area contributed by atoms with E-state index in [0.29, 0.717) is 18.7 Å². The van der Waals surface area contributed by atoms with E-state index in [1.807, 2.05) is 42.2 Å². The number of aryl methyl sites for hydroxylation is 1. The highest BCUT2D eigenvalue weighted by molar-refractivity contribution is 5.95. The highest BCUT2D eigenvalue weighted by Gasteiger charge is 2.24. The number of hydrogen-bond donors (Lipinski definition) is 1. The molecule has 0 aliphatic carbocycles. The molecule has 0 spiro atoms. The van der Waals surface area contributed by atoms with Gasteiger partial charge in [-0.2, -0.15) is 0 Å². The summed E-state index contributed by atoms with van der Waals surface area (Å²) in [6.45, 7) is 3.82. The van der Waals surface area contributed by atoms with Gasteiger partial charge in [0.15, 0.2) is 0 Å². The van der Waals surface area contributed by atoms with Crippen LogP contribution in [0.4, 0.5) is 0 Å². The van der Waals surface area contributed by atoms with Crippen LogP contribution in [0.1, 0.15) is 33.0 Å². The topological polar surface area (TPSA) is 79.7 Å². The lowest BCUT2D eigenvalue weighted by Gasteiger charge is -2.27. The lowest BCUT2D eigenvalue weighted by atomic mass is 10.0. The van der Waals surface area contributed by atoms with E-state index in [2.05, 4.69) is 38.7 Å². The molecule has 0 atom stereocenters. The molecule has 4 aromatic rings. The van der Waals surface area contributed by atoms with E-state index in [1.165, 1.54) is 10.9 Å².